The molecule has 0 radical (unpaired) electrons. The van der Waals surface area contributed by atoms with E-state index in [2.05, 4.69) is 19.5 Å². The molecule has 3 atom stereocenters. The zero-order valence-electron chi connectivity index (χ0n) is 22.0. The summed E-state index contributed by atoms with van der Waals surface area (Å²) in [5, 5.41) is 12.8. The summed E-state index contributed by atoms with van der Waals surface area (Å²) in [7, 11) is -3.62. The Labute approximate surface area is 232 Å². The summed E-state index contributed by atoms with van der Waals surface area (Å²) in [5.74, 6) is -5.61. The van der Waals surface area contributed by atoms with Crippen molar-refractivity contribution in [2.24, 2.45) is 0 Å². The number of rotatable bonds is 14. The molecule has 0 aliphatic rings. The Morgan fingerprint density at radius 3 is 2.34 bits per heavy atom. The van der Waals surface area contributed by atoms with Crippen LogP contribution in [0.5, 0.6) is 11.5 Å². The van der Waals surface area contributed by atoms with Crippen LogP contribution in [0.4, 0.5) is 18.0 Å². The van der Waals surface area contributed by atoms with Gasteiger partial charge in [0.1, 0.15) is 12.6 Å². The van der Waals surface area contributed by atoms with E-state index in [9.17, 15) is 42.1 Å². The predicted molar refractivity (Wildman–Crippen MR) is 135 cm³/mol. The number of carbonyl (C=O) groups is 3. The van der Waals surface area contributed by atoms with Gasteiger partial charge in [0.05, 0.1) is 13.7 Å². The van der Waals surface area contributed by atoms with Crippen LogP contribution in [-0.4, -0.2) is 66.9 Å². The molecule has 0 aliphatic heterocycles. The molecule has 2 aromatic rings. The molecule has 12 nitrogen and oxygen atoms in total. The van der Waals surface area contributed by atoms with Crippen molar-refractivity contribution in [2.75, 3.05) is 26.5 Å². The Kier molecular flexibility index (Phi) is 12.4. The number of esters is 2. The zero-order valence-corrected chi connectivity index (χ0v) is 22.9. The molecular weight excluding hydrogens is 578 g/mol. The van der Waals surface area contributed by atoms with Crippen LogP contribution in [0.15, 0.2) is 48.5 Å². The van der Waals surface area contributed by atoms with E-state index in [1.807, 2.05) is 0 Å². The summed E-state index contributed by atoms with van der Waals surface area (Å²) in [6.45, 7) is 0.643. The quantitative estimate of drug-likeness (QED) is 0.163. The SMILES string of the molecule is CCOC(=O)COc1ccc(C(O)P(=O)(O)CCC(NC(=O)OCc2ccccc2)C(=O)OC)cc1OC(F)(F)F. The highest BCUT2D eigenvalue weighted by atomic mass is 31.2. The molecule has 3 N–H and O–H groups in total. The smallest absolute Gasteiger partial charge is 0.478 e. The highest BCUT2D eigenvalue weighted by Gasteiger charge is 2.36. The molecule has 0 heterocycles. The first-order valence-electron chi connectivity index (χ1n) is 12.0. The Balaban J connectivity index is 2.13. The summed E-state index contributed by atoms with van der Waals surface area (Å²) in [6, 6.07) is 9.67. The first kappa shape index (κ1) is 33.4. The van der Waals surface area contributed by atoms with Crippen molar-refractivity contribution in [1.82, 2.24) is 5.32 Å². The number of benzene rings is 2. The Morgan fingerprint density at radius 1 is 1.05 bits per heavy atom. The summed E-state index contributed by atoms with van der Waals surface area (Å²) < 4.78 is 75.0. The minimum atomic E-state index is -5.21. The summed E-state index contributed by atoms with van der Waals surface area (Å²) in [5.41, 5.74) is 0.204. The van der Waals surface area contributed by atoms with Gasteiger partial charge in [-0.25, -0.2) is 14.4 Å². The molecular formula is C25H29F3NO11P. The van der Waals surface area contributed by atoms with Gasteiger partial charge in [-0.2, -0.15) is 0 Å². The third-order valence-electron chi connectivity index (χ3n) is 5.25. The molecule has 0 saturated heterocycles. The highest BCUT2D eigenvalue weighted by Crippen LogP contribution is 2.55. The molecule has 2 aromatic carbocycles. The molecule has 0 fully saturated rings. The van der Waals surface area contributed by atoms with E-state index in [0.717, 1.165) is 19.2 Å². The maximum atomic E-state index is 13.0. The number of halogens is 3. The van der Waals surface area contributed by atoms with Crippen molar-refractivity contribution in [3.05, 3.63) is 59.7 Å². The number of hydrogen-bond donors (Lipinski definition) is 3. The number of hydrogen-bond acceptors (Lipinski definition) is 10. The lowest BCUT2D eigenvalue weighted by molar-refractivity contribution is -0.275. The van der Waals surface area contributed by atoms with Gasteiger partial charge in [0, 0.05) is 6.16 Å². The van der Waals surface area contributed by atoms with Crippen molar-refractivity contribution in [3.8, 4) is 11.5 Å². The van der Waals surface area contributed by atoms with Gasteiger partial charge in [-0.1, -0.05) is 36.4 Å². The number of nitrogens with one attached hydrogen (secondary N) is 1. The lowest BCUT2D eigenvalue weighted by atomic mass is 10.2. The van der Waals surface area contributed by atoms with E-state index >= 15 is 0 Å². The Bertz CT molecular complexity index is 1230. The number of aliphatic hydroxyl groups is 1. The lowest BCUT2D eigenvalue weighted by Gasteiger charge is -2.22. The molecule has 0 aliphatic carbocycles. The Hall–Kier alpha value is -3.81. The van der Waals surface area contributed by atoms with Gasteiger partial charge in [0.15, 0.2) is 24.0 Å². The largest absolute Gasteiger partial charge is 0.573 e. The van der Waals surface area contributed by atoms with Gasteiger partial charge in [0.25, 0.3) is 0 Å². The number of alkyl halides is 3. The van der Waals surface area contributed by atoms with Crippen LogP contribution in [-0.2, 0) is 35.0 Å². The average molecular weight is 607 g/mol. The standard InChI is InChI=1S/C25H29F3NO11P/c1-3-37-21(30)15-38-19-10-9-17(13-20(19)40-25(26,27)28)23(32)41(34,35)12-11-18(22(31)36-2)29-24(33)39-14-16-7-5-4-6-8-16/h4-10,13,18,23,32H,3,11-12,14-15H2,1-2H3,(H,29,33)(H,34,35). The minimum Gasteiger partial charge on any atom is -0.478 e. The van der Waals surface area contributed by atoms with Crippen LogP contribution in [0, 0.1) is 0 Å². The molecule has 0 aromatic heterocycles. The molecule has 16 heteroatoms. The fourth-order valence-corrected chi connectivity index (χ4v) is 4.82. The van der Waals surface area contributed by atoms with E-state index in [4.69, 9.17) is 9.47 Å². The number of aliphatic hydroxyl groups excluding tert-OH is 1. The maximum absolute atomic E-state index is 13.0. The first-order valence-corrected chi connectivity index (χ1v) is 13.9. The van der Waals surface area contributed by atoms with E-state index < -0.39 is 79.9 Å². The molecule has 0 bridgehead atoms. The number of amides is 1. The number of methoxy groups -OCH3 is 1. The van der Waals surface area contributed by atoms with Crippen LogP contribution in [0.2, 0.25) is 0 Å². The first-order chi connectivity index (χ1) is 19.3. The number of ether oxygens (including phenoxy) is 5. The second-order valence-electron chi connectivity index (χ2n) is 8.27. The fraction of sp³-hybridized carbons (Fsp3) is 0.400. The van der Waals surface area contributed by atoms with Crippen molar-refractivity contribution in [3.63, 3.8) is 0 Å². The molecule has 226 valence electrons. The lowest BCUT2D eigenvalue weighted by Crippen LogP contribution is -2.42. The van der Waals surface area contributed by atoms with E-state index in [1.165, 1.54) is 6.92 Å². The number of alkyl carbamates (subject to hydrolysis) is 1. The zero-order chi connectivity index (χ0) is 30.6. The van der Waals surface area contributed by atoms with Crippen molar-refractivity contribution in [2.45, 2.75) is 38.2 Å². The normalized spacial score (nSPS) is 14.1. The van der Waals surface area contributed by atoms with Crippen molar-refractivity contribution in [1.29, 1.82) is 0 Å². The van der Waals surface area contributed by atoms with Gasteiger partial charge >= 0.3 is 24.4 Å². The highest BCUT2D eigenvalue weighted by molar-refractivity contribution is 7.58. The summed E-state index contributed by atoms with van der Waals surface area (Å²) >= 11 is 0. The van der Waals surface area contributed by atoms with Gasteiger partial charge in [0.2, 0.25) is 7.37 Å². The van der Waals surface area contributed by atoms with Gasteiger partial charge in [-0.15, -0.1) is 13.2 Å². The average Bonchev–Trinajstić information content (AvgIpc) is 2.92. The summed E-state index contributed by atoms with van der Waals surface area (Å²) in [4.78, 5) is 46.3. The molecule has 0 saturated carbocycles. The van der Waals surface area contributed by atoms with Crippen LogP contribution in [0.1, 0.15) is 30.3 Å². The third kappa shape index (κ3) is 11.3. The predicted octanol–water partition coefficient (Wildman–Crippen LogP) is 3.65. The molecule has 3 unspecified atom stereocenters. The van der Waals surface area contributed by atoms with Gasteiger partial charge < -0.3 is 39.0 Å². The molecule has 1 amide bonds. The maximum Gasteiger partial charge on any atom is 0.573 e. The second kappa shape index (κ2) is 15.3. The second-order valence-corrected chi connectivity index (χ2v) is 10.7. The fourth-order valence-electron chi connectivity index (χ4n) is 3.32. The topological polar surface area (TPSA) is 167 Å². The number of carbonyl (C=O) groups excluding carboxylic acids is 3. The van der Waals surface area contributed by atoms with Gasteiger partial charge in [-0.05, 0) is 36.6 Å². The van der Waals surface area contributed by atoms with E-state index in [-0.39, 0.29) is 13.2 Å². The van der Waals surface area contributed by atoms with E-state index in [0.29, 0.717) is 11.6 Å². The molecule has 2 rings (SSSR count). The molecule has 0 spiro atoms. The molecule has 41 heavy (non-hydrogen) atoms. The van der Waals surface area contributed by atoms with Crippen LogP contribution in [0.25, 0.3) is 0 Å². The van der Waals surface area contributed by atoms with E-state index in [1.54, 1.807) is 30.3 Å². The third-order valence-corrected chi connectivity index (χ3v) is 7.21. The van der Waals surface area contributed by atoms with Crippen LogP contribution in [0.3, 0.4) is 0 Å². The Morgan fingerprint density at radius 2 is 1.73 bits per heavy atom. The minimum absolute atomic E-state index is 0.00619. The van der Waals surface area contributed by atoms with Crippen molar-refractivity contribution < 1.29 is 65.8 Å². The monoisotopic (exact) mass is 607 g/mol. The van der Waals surface area contributed by atoms with Crippen molar-refractivity contribution >= 4 is 25.4 Å². The summed E-state index contributed by atoms with van der Waals surface area (Å²) in [6.07, 6.45) is -7.48. The van der Waals surface area contributed by atoms with Crippen LogP contribution < -0.4 is 14.8 Å². The van der Waals surface area contributed by atoms with Gasteiger partial charge in [-0.3, -0.25) is 4.57 Å². The van der Waals surface area contributed by atoms with Crippen LogP contribution >= 0.6 is 7.37 Å².